The summed E-state index contributed by atoms with van der Waals surface area (Å²) in [6, 6.07) is 0.114. The average Bonchev–Trinajstić information content (AvgIpc) is 2.55. The molecule has 1 aliphatic carbocycles. The second kappa shape index (κ2) is 4.08. The topological polar surface area (TPSA) is 59.8 Å². The lowest BCUT2D eigenvalue weighted by molar-refractivity contribution is 0.338. The van der Waals surface area contributed by atoms with E-state index in [1.807, 2.05) is 6.92 Å². The van der Waals surface area contributed by atoms with Crippen molar-refractivity contribution in [2.75, 3.05) is 0 Å². The number of nitrogens with one attached hydrogen (secondary N) is 1. The Hall–Kier alpha value is -1.26. The van der Waals surface area contributed by atoms with Crippen LogP contribution >= 0.6 is 0 Å². The van der Waals surface area contributed by atoms with Gasteiger partial charge in [-0.3, -0.25) is 0 Å². The Balaban J connectivity index is 2.38. The Bertz CT molecular complexity index is 434. The number of rotatable bonds is 2. The normalized spacial score (nSPS) is 18.2. The van der Waals surface area contributed by atoms with Crippen LogP contribution in [0.1, 0.15) is 45.1 Å². The van der Waals surface area contributed by atoms with Crippen LogP contribution in [-0.2, 0) is 6.54 Å². The maximum atomic E-state index is 11.8. The van der Waals surface area contributed by atoms with Gasteiger partial charge in [-0.05, 0) is 19.8 Å². The Morgan fingerprint density at radius 1 is 1.27 bits per heavy atom. The summed E-state index contributed by atoms with van der Waals surface area (Å²) < 4.78 is 2.76. The predicted molar refractivity (Wildman–Crippen MR) is 57.1 cm³/mol. The molecular weight excluding hydrogens is 194 g/mol. The first kappa shape index (κ1) is 10.3. The summed E-state index contributed by atoms with van der Waals surface area (Å²) in [5, 5.41) is 2.57. The minimum atomic E-state index is -0.256. The van der Waals surface area contributed by atoms with Gasteiger partial charge in [0.25, 0.3) is 0 Å². The standard InChI is InChI=1S/C10H17N3O2/c1-2-12-10(15)13(9(14)11-12)8-6-4-3-5-7-8/h8H,2-7H2,1H3,(H,11,14). The van der Waals surface area contributed by atoms with Crippen LogP contribution in [0.3, 0.4) is 0 Å². The van der Waals surface area contributed by atoms with Crippen molar-refractivity contribution < 1.29 is 0 Å². The van der Waals surface area contributed by atoms with Gasteiger partial charge in [0.2, 0.25) is 0 Å². The molecule has 0 bridgehead atoms. The fourth-order valence-electron chi connectivity index (χ4n) is 2.31. The van der Waals surface area contributed by atoms with Crippen LogP contribution in [0.5, 0.6) is 0 Å². The van der Waals surface area contributed by atoms with Gasteiger partial charge < -0.3 is 0 Å². The summed E-state index contributed by atoms with van der Waals surface area (Å²) in [6.45, 7) is 2.37. The van der Waals surface area contributed by atoms with Crippen LogP contribution in [-0.4, -0.2) is 14.3 Å². The van der Waals surface area contributed by atoms with Gasteiger partial charge in [-0.1, -0.05) is 19.3 Å². The molecule has 0 amide bonds. The highest BCUT2D eigenvalue weighted by atomic mass is 16.2. The summed E-state index contributed by atoms with van der Waals surface area (Å²) >= 11 is 0. The average molecular weight is 211 g/mol. The molecule has 1 saturated carbocycles. The van der Waals surface area contributed by atoms with Gasteiger partial charge in [0.05, 0.1) is 0 Å². The highest BCUT2D eigenvalue weighted by molar-refractivity contribution is 4.79. The molecule has 1 fully saturated rings. The SMILES string of the molecule is CCn1[nH]c(=O)n(C2CCCCC2)c1=O. The highest BCUT2D eigenvalue weighted by Gasteiger charge is 2.20. The smallest absolute Gasteiger partial charge is 0.246 e. The highest BCUT2D eigenvalue weighted by Crippen LogP contribution is 2.25. The van der Waals surface area contributed by atoms with Gasteiger partial charge in [0, 0.05) is 12.6 Å². The molecule has 5 nitrogen and oxygen atoms in total. The number of aromatic amines is 1. The van der Waals surface area contributed by atoms with Crippen molar-refractivity contribution in [1.29, 1.82) is 0 Å². The largest absolute Gasteiger partial charge is 0.347 e. The number of hydrogen-bond donors (Lipinski definition) is 1. The fraction of sp³-hybridized carbons (Fsp3) is 0.800. The minimum absolute atomic E-state index is 0.114. The summed E-state index contributed by atoms with van der Waals surface area (Å²) in [4.78, 5) is 23.4. The van der Waals surface area contributed by atoms with Crippen LogP contribution in [0.25, 0.3) is 0 Å². The molecule has 1 aromatic heterocycles. The molecule has 15 heavy (non-hydrogen) atoms. The first-order valence-electron chi connectivity index (χ1n) is 5.65. The summed E-state index contributed by atoms with van der Waals surface area (Å²) in [5.74, 6) is 0. The molecule has 0 spiro atoms. The third-order valence-electron chi connectivity index (χ3n) is 3.14. The van der Waals surface area contributed by atoms with Crippen molar-refractivity contribution in [3.05, 3.63) is 21.0 Å². The number of H-pyrrole nitrogens is 1. The van der Waals surface area contributed by atoms with E-state index in [1.165, 1.54) is 15.7 Å². The molecule has 0 aromatic carbocycles. The number of aromatic nitrogens is 3. The minimum Gasteiger partial charge on any atom is -0.246 e. The maximum absolute atomic E-state index is 11.8. The van der Waals surface area contributed by atoms with Crippen LogP contribution in [0.2, 0.25) is 0 Å². The third-order valence-corrected chi connectivity index (χ3v) is 3.14. The molecule has 0 unspecified atom stereocenters. The predicted octanol–water partition coefficient (Wildman–Crippen LogP) is 0.863. The zero-order valence-corrected chi connectivity index (χ0v) is 9.03. The molecule has 1 heterocycles. The first-order valence-corrected chi connectivity index (χ1v) is 5.65. The third kappa shape index (κ3) is 1.78. The Morgan fingerprint density at radius 3 is 2.47 bits per heavy atom. The van der Waals surface area contributed by atoms with Gasteiger partial charge >= 0.3 is 11.4 Å². The molecule has 0 atom stereocenters. The first-order chi connectivity index (χ1) is 7.24. The second-order valence-electron chi connectivity index (χ2n) is 4.11. The van der Waals surface area contributed by atoms with Crippen LogP contribution in [0.15, 0.2) is 9.59 Å². The van der Waals surface area contributed by atoms with Gasteiger partial charge in [-0.15, -0.1) is 0 Å². The van der Waals surface area contributed by atoms with E-state index in [1.54, 1.807) is 0 Å². The van der Waals surface area contributed by atoms with Crippen molar-refractivity contribution in [1.82, 2.24) is 14.3 Å². The van der Waals surface area contributed by atoms with Gasteiger partial charge in [0.1, 0.15) is 0 Å². The number of hydrogen-bond acceptors (Lipinski definition) is 2. The molecule has 5 heteroatoms. The molecule has 1 aliphatic rings. The number of nitrogens with zero attached hydrogens (tertiary/aromatic N) is 2. The van der Waals surface area contributed by atoms with E-state index in [2.05, 4.69) is 5.10 Å². The van der Waals surface area contributed by atoms with Crippen molar-refractivity contribution in [2.45, 2.75) is 51.6 Å². The molecule has 0 aliphatic heterocycles. The van der Waals surface area contributed by atoms with E-state index in [9.17, 15) is 9.59 Å². The van der Waals surface area contributed by atoms with Crippen molar-refractivity contribution >= 4 is 0 Å². The zero-order chi connectivity index (χ0) is 10.8. The monoisotopic (exact) mass is 211 g/mol. The molecule has 2 rings (SSSR count). The Morgan fingerprint density at radius 2 is 1.93 bits per heavy atom. The van der Waals surface area contributed by atoms with Crippen LogP contribution < -0.4 is 11.4 Å². The summed E-state index contributed by atoms with van der Waals surface area (Å²) in [5.41, 5.74) is -0.442. The lowest BCUT2D eigenvalue weighted by atomic mass is 9.95. The van der Waals surface area contributed by atoms with E-state index < -0.39 is 0 Å². The van der Waals surface area contributed by atoms with E-state index in [-0.39, 0.29) is 17.4 Å². The van der Waals surface area contributed by atoms with Crippen molar-refractivity contribution in [2.24, 2.45) is 0 Å². The quantitative estimate of drug-likeness (QED) is 0.788. The Labute approximate surface area is 87.7 Å². The van der Waals surface area contributed by atoms with E-state index in [4.69, 9.17) is 0 Å². The second-order valence-corrected chi connectivity index (χ2v) is 4.11. The Kier molecular flexibility index (Phi) is 2.79. The van der Waals surface area contributed by atoms with Crippen molar-refractivity contribution in [3.63, 3.8) is 0 Å². The van der Waals surface area contributed by atoms with Gasteiger partial charge in [-0.25, -0.2) is 23.9 Å². The zero-order valence-electron chi connectivity index (χ0n) is 9.03. The fourth-order valence-corrected chi connectivity index (χ4v) is 2.31. The van der Waals surface area contributed by atoms with E-state index in [0.29, 0.717) is 6.54 Å². The van der Waals surface area contributed by atoms with Gasteiger partial charge in [-0.2, -0.15) is 0 Å². The van der Waals surface area contributed by atoms with Crippen LogP contribution in [0.4, 0.5) is 0 Å². The lowest BCUT2D eigenvalue weighted by Gasteiger charge is -2.20. The molecule has 84 valence electrons. The molecule has 1 aromatic rings. The van der Waals surface area contributed by atoms with E-state index in [0.717, 1.165) is 25.7 Å². The molecular formula is C10H17N3O2. The molecule has 1 N–H and O–H groups in total. The van der Waals surface area contributed by atoms with Crippen LogP contribution in [0, 0.1) is 0 Å². The summed E-state index contributed by atoms with van der Waals surface area (Å²) in [7, 11) is 0. The van der Waals surface area contributed by atoms with E-state index >= 15 is 0 Å². The van der Waals surface area contributed by atoms with Gasteiger partial charge in [0.15, 0.2) is 0 Å². The maximum Gasteiger partial charge on any atom is 0.347 e. The summed E-state index contributed by atoms with van der Waals surface area (Å²) in [6.07, 6.45) is 5.37. The molecule has 0 radical (unpaired) electrons. The lowest BCUT2D eigenvalue weighted by Crippen LogP contribution is -2.33. The number of aryl methyl sites for hydroxylation is 1. The molecule has 0 saturated heterocycles. The van der Waals surface area contributed by atoms with Crippen molar-refractivity contribution in [3.8, 4) is 0 Å².